The van der Waals surface area contributed by atoms with Gasteiger partial charge in [-0.15, -0.1) is 0 Å². The van der Waals surface area contributed by atoms with E-state index < -0.39 is 17.5 Å². The lowest BCUT2D eigenvalue weighted by atomic mass is 10.1. The van der Waals surface area contributed by atoms with E-state index in [0.29, 0.717) is 5.71 Å². The van der Waals surface area contributed by atoms with Crippen LogP contribution in [0.5, 0.6) is 0 Å². The van der Waals surface area contributed by atoms with Gasteiger partial charge in [0.1, 0.15) is 5.60 Å². The van der Waals surface area contributed by atoms with Crippen LogP contribution in [0.3, 0.4) is 0 Å². The first-order valence-corrected chi connectivity index (χ1v) is 6.09. The van der Waals surface area contributed by atoms with Crippen LogP contribution in [0, 0.1) is 0 Å². The molecule has 0 heterocycles. The summed E-state index contributed by atoms with van der Waals surface area (Å²) in [6.07, 6.45) is 4.00. The molecule has 6 heteroatoms. The van der Waals surface area contributed by atoms with E-state index in [4.69, 9.17) is 25.8 Å². The van der Waals surface area contributed by atoms with E-state index in [-0.39, 0.29) is 5.03 Å². The Morgan fingerprint density at radius 3 is 2.32 bits per heavy atom. The van der Waals surface area contributed by atoms with E-state index >= 15 is 0 Å². The highest BCUT2D eigenvalue weighted by atomic mass is 35.5. The summed E-state index contributed by atoms with van der Waals surface area (Å²) in [5.74, 6) is -1.12. The number of allylic oxidation sites excluding steroid dienone is 2. The Bertz CT molecular complexity index is 442. The molecule has 0 atom stereocenters. The number of halogens is 1. The lowest BCUT2D eigenvalue weighted by Crippen LogP contribution is -2.34. The quantitative estimate of drug-likeness (QED) is 0.733. The van der Waals surface area contributed by atoms with Crippen LogP contribution in [0.2, 0.25) is 0 Å². The van der Waals surface area contributed by atoms with Crippen LogP contribution < -0.4 is 0 Å². The zero-order chi connectivity index (χ0) is 14.7. The third-order valence-electron chi connectivity index (χ3n) is 2.30. The second-order valence-electron chi connectivity index (χ2n) is 4.92. The van der Waals surface area contributed by atoms with Crippen molar-refractivity contribution >= 4 is 23.4 Å². The van der Waals surface area contributed by atoms with Gasteiger partial charge in [-0.05, 0) is 39.0 Å². The maximum atomic E-state index is 11.6. The first-order chi connectivity index (χ1) is 8.72. The average Bonchev–Trinajstić information content (AvgIpc) is 2.27. The number of carbonyl (C=O) groups excluding carboxylic acids is 1. The molecule has 0 unspecified atom stereocenters. The minimum Gasteiger partial charge on any atom is -0.442 e. The highest BCUT2D eigenvalue weighted by molar-refractivity contribution is 6.33. The largest absolute Gasteiger partial charge is 0.442 e. The van der Waals surface area contributed by atoms with Crippen molar-refractivity contribution in [3.8, 4) is 0 Å². The molecule has 0 fully saturated rings. The summed E-state index contributed by atoms with van der Waals surface area (Å²) >= 11 is 6.08. The number of ether oxygens (including phenoxy) is 3. The highest BCUT2D eigenvalue weighted by Gasteiger charge is 2.33. The molecule has 1 rings (SSSR count). The van der Waals surface area contributed by atoms with Crippen molar-refractivity contribution in [1.82, 2.24) is 0 Å². The monoisotopic (exact) mass is 287 g/mol. The predicted octanol–water partition coefficient (Wildman–Crippen LogP) is 3.04. The lowest BCUT2D eigenvalue weighted by Gasteiger charge is -2.29. The van der Waals surface area contributed by atoms with Gasteiger partial charge in [-0.2, -0.15) is 4.99 Å². The van der Waals surface area contributed by atoms with Gasteiger partial charge in [0.2, 0.25) is 5.79 Å². The van der Waals surface area contributed by atoms with Crippen molar-refractivity contribution in [2.45, 2.75) is 32.2 Å². The van der Waals surface area contributed by atoms with Crippen molar-refractivity contribution < 1.29 is 19.0 Å². The highest BCUT2D eigenvalue weighted by Crippen LogP contribution is 2.30. The summed E-state index contributed by atoms with van der Waals surface area (Å²) in [7, 11) is 2.94. The van der Waals surface area contributed by atoms with Crippen LogP contribution >= 0.6 is 11.6 Å². The Morgan fingerprint density at radius 1 is 1.32 bits per heavy atom. The van der Waals surface area contributed by atoms with Gasteiger partial charge in [0.15, 0.2) is 0 Å². The summed E-state index contributed by atoms with van der Waals surface area (Å²) in [5, 5.41) is 0.280. The number of aliphatic imine (C=N–C) groups is 1. The molecule has 0 aromatic rings. The Morgan fingerprint density at radius 2 is 1.89 bits per heavy atom. The van der Waals surface area contributed by atoms with Gasteiger partial charge in [-0.1, -0.05) is 11.6 Å². The van der Waals surface area contributed by atoms with E-state index in [1.54, 1.807) is 32.9 Å². The third-order valence-corrected chi connectivity index (χ3v) is 2.67. The van der Waals surface area contributed by atoms with Gasteiger partial charge >= 0.3 is 6.09 Å². The molecule has 0 saturated heterocycles. The zero-order valence-corrected chi connectivity index (χ0v) is 12.4. The second kappa shape index (κ2) is 5.86. The molecule has 106 valence electrons. The Kier molecular flexibility index (Phi) is 4.90. The normalized spacial score (nSPS) is 20.3. The third kappa shape index (κ3) is 4.16. The van der Waals surface area contributed by atoms with Crippen LogP contribution in [-0.2, 0) is 14.2 Å². The maximum Gasteiger partial charge on any atom is 0.434 e. The first-order valence-electron chi connectivity index (χ1n) is 5.71. The summed E-state index contributed by atoms with van der Waals surface area (Å²) in [4.78, 5) is 15.4. The fourth-order valence-electron chi connectivity index (χ4n) is 1.43. The SMILES string of the molecule is COC1(OC)C=C/C(=N/C(=O)OC(C)(C)C)C=C1Cl. The molecule has 1 aliphatic carbocycles. The molecule has 0 saturated carbocycles. The Balaban J connectivity index is 2.88. The molecule has 1 aliphatic rings. The van der Waals surface area contributed by atoms with Gasteiger partial charge in [-0.25, -0.2) is 4.79 Å². The van der Waals surface area contributed by atoms with E-state index in [1.807, 2.05) is 0 Å². The van der Waals surface area contributed by atoms with Crippen LogP contribution in [0.4, 0.5) is 4.79 Å². The standard InChI is InChI=1S/C13H18ClNO4/c1-12(2,3)19-11(16)15-9-6-7-13(17-4,18-5)10(14)8-9/h6-8H,1-5H3/b15-9-. The molecule has 0 aromatic carbocycles. The topological polar surface area (TPSA) is 57.1 Å². The minimum atomic E-state index is -1.12. The van der Waals surface area contributed by atoms with Gasteiger partial charge in [-0.3, -0.25) is 0 Å². The average molecular weight is 288 g/mol. The first kappa shape index (κ1) is 15.9. The van der Waals surface area contributed by atoms with Crippen molar-refractivity contribution in [2.75, 3.05) is 14.2 Å². The van der Waals surface area contributed by atoms with Gasteiger partial charge in [0, 0.05) is 14.2 Å². The Hall–Kier alpha value is -1.17. The molecule has 0 spiro atoms. The smallest absolute Gasteiger partial charge is 0.434 e. The van der Waals surface area contributed by atoms with Crippen LogP contribution in [-0.4, -0.2) is 37.4 Å². The Labute approximate surface area is 117 Å². The van der Waals surface area contributed by atoms with Crippen molar-refractivity contribution in [3.63, 3.8) is 0 Å². The summed E-state index contributed by atoms with van der Waals surface area (Å²) in [6.45, 7) is 5.31. The van der Waals surface area contributed by atoms with Crippen LogP contribution in [0.1, 0.15) is 20.8 Å². The maximum absolute atomic E-state index is 11.6. The number of carbonyl (C=O) groups is 1. The van der Waals surface area contributed by atoms with E-state index in [2.05, 4.69) is 4.99 Å². The predicted molar refractivity (Wildman–Crippen MR) is 73.5 cm³/mol. The minimum absolute atomic E-state index is 0.280. The molecule has 0 bridgehead atoms. The van der Waals surface area contributed by atoms with Crippen LogP contribution in [0.15, 0.2) is 28.3 Å². The lowest BCUT2D eigenvalue weighted by molar-refractivity contribution is -0.136. The van der Waals surface area contributed by atoms with Crippen molar-refractivity contribution in [2.24, 2.45) is 4.99 Å². The fourth-order valence-corrected chi connectivity index (χ4v) is 1.76. The van der Waals surface area contributed by atoms with Crippen LogP contribution in [0.25, 0.3) is 0 Å². The molecular formula is C13H18ClNO4. The number of amides is 1. The van der Waals surface area contributed by atoms with E-state index in [9.17, 15) is 4.79 Å². The van der Waals surface area contributed by atoms with Gasteiger partial charge < -0.3 is 14.2 Å². The molecule has 0 aliphatic heterocycles. The number of methoxy groups -OCH3 is 2. The van der Waals surface area contributed by atoms with Gasteiger partial charge in [0.05, 0.1) is 10.7 Å². The number of rotatable bonds is 2. The summed E-state index contributed by atoms with van der Waals surface area (Å²) < 4.78 is 15.5. The zero-order valence-electron chi connectivity index (χ0n) is 11.7. The molecule has 1 amide bonds. The second-order valence-corrected chi connectivity index (χ2v) is 5.33. The van der Waals surface area contributed by atoms with Gasteiger partial charge in [0.25, 0.3) is 0 Å². The molecular weight excluding hydrogens is 270 g/mol. The molecule has 19 heavy (non-hydrogen) atoms. The summed E-state index contributed by atoms with van der Waals surface area (Å²) in [6, 6.07) is 0. The van der Waals surface area contributed by atoms with Crippen molar-refractivity contribution in [3.05, 3.63) is 23.3 Å². The molecule has 0 aromatic heterocycles. The number of nitrogens with zero attached hydrogens (tertiary/aromatic N) is 1. The van der Waals surface area contributed by atoms with E-state index in [1.165, 1.54) is 20.3 Å². The number of hydrogen-bond donors (Lipinski definition) is 0. The molecule has 5 nitrogen and oxygen atoms in total. The van der Waals surface area contributed by atoms with Crippen molar-refractivity contribution in [1.29, 1.82) is 0 Å². The molecule has 0 N–H and O–H groups in total. The van der Waals surface area contributed by atoms with E-state index in [0.717, 1.165) is 0 Å². The molecule has 0 radical (unpaired) electrons. The number of hydrogen-bond acceptors (Lipinski definition) is 4. The fraction of sp³-hybridized carbons (Fsp3) is 0.538. The summed E-state index contributed by atoms with van der Waals surface area (Å²) in [5.41, 5.74) is -0.209.